The highest BCUT2D eigenvalue weighted by atomic mass is 16.3. The lowest BCUT2D eigenvalue weighted by Crippen LogP contribution is -2.48. The van der Waals surface area contributed by atoms with Gasteiger partial charge < -0.3 is 10.0 Å². The fourth-order valence-electron chi connectivity index (χ4n) is 3.49. The molecule has 3 fully saturated rings. The van der Waals surface area contributed by atoms with Crippen LogP contribution in [0.1, 0.15) is 52.4 Å². The van der Waals surface area contributed by atoms with Gasteiger partial charge >= 0.3 is 0 Å². The zero-order chi connectivity index (χ0) is 12.9. The first-order chi connectivity index (χ1) is 8.53. The van der Waals surface area contributed by atoms with Gasteiger partial charge in [0, 0.05) is 6.04 Å². The van der Waals surface area contributed by atoms with Crippen LogP contribution in [0.4, 0.5) is 0 Å². The number of amides is 1. The van der Waals surface area contributed by atoms with Crippen molar-refractivity contribution in [2.24, 2.45) is 5.92 Å². The molecule has 1 amide bonds. The van der Waals surface area contributed by atoms with Gasteiger partial charge in [-0.05, 0) is 44.4 Å². The van der Waals surface area contributed by atoms with E-state index in [0.29, 0.717) is 17.9 Å². The highest BCUT2D eigenvalue weighted by Gasteiger charge is 2.60. The Kier molecular flexibility index (Phi) is 2.90. The van der Waals surface area contributed by atoms with E-state index in [1.165, 1.54) is 0 Å². The Balaban J connectivity index is 1.77. The van der Waals surface area contributed by atoms with Crippen LogP contribution in [-0.4, -0.2) is 39.8 Å². The zero-order valence-electron chi connectivity index (χ0n) is 11.4. The zero-order valence-corrected chi connectivity index (χ0v) is 11.4. The fraction of sp³-hybridized carbons (Fsp3) is 0.929. The van der Waals surface area contributed by atoms with Crippen molar-refractivity contribution in [3.8, 4) is 0 Å². The van der Waals surface area contributed by atoms with E-state index in [-0.39, 0.29) is 17.8 Å². The molecule has 3 aliphatic rings. The van der Waals surface area contributed by atoms with E-state index in [4.69, 9.17) is 0 Å². The van der Waals surface area contributed by atoms with Gasteiger partial charge in [0.2, 0.25) is 5.91 Å². The number of aliphatic hydroxyl groups excluding tert-OH is 1. The van der Waals surface area contributed by atoms with Gasteiger partial charge in [0.15, 0.2) is 0 Å². The first-order valence-electron chi connectivity index (χ1n) is 7.32. The quantitative estimate of drug-likeness (QED) is 0.777. The molecular weight excluding hydrogens is 228 g/mol. The van der Waals surface area contributed by atoms with Crippen LogP contribution in [0.5, 0.6) is 0 Å². The lowest BCUT2D eigenvalue weighted by molar-refractivity contribution is -0.134. The minimum Gasteiger partial charge on any atom is -0.393 e. The Morgan fingerprint density at radius 2 is 1.89 bits per heavy atom. The largest absolute Gasteiger partial charge is 0.393 e. The van der Waals surface area contributed by atoms with Crippen molar-refractivity contribution in [3.63, 3.8) is 0 Å². The molecule has 0 aromatic carbocycles. The highest BCUT2D eigenvalue weighted by molar-refractivity contribution is 5.92. The van der Waals surface area contributed by atoms with Gasteiger partial charge in [-0.1, -0.05) is 13.8 Å². The van der Waals surface area contributed by atoms with Crippen molar-refractivity contribution >= 4 is 5.91 Å². The van der Waals surface area contributed by atoms with Gasteiger partial charge in [-0.3, -0.25) is 10.1 Å². The smallest absolute Gasteiger partial charge is 0.244 e. The van der Waals surface area contributed by atoms with E-state index in [1.54, 1.807) is 0 Å². The molecule has 18 heavy (non-hydrogen) atoms. The number of hydrogen-bond acceptors (Lipinski definition) is 3. The Morgan fingerprint density at radius 3 is 2.39 bits per heavy atom. The summed E-state index contributed by atoms with van der Waals surface area (Å²) in [6.07, 6.45) is 5.63. The lowest BCUT2D eigenvalue weighted by Gasteiger charge is -2.37. The number of carbonyl (C=O) groups excluding carboxylic acids is 1. The minimum absolute atomic E-state index is 0.153. The molecule has 2 aliphatic carbocycles. The van der Waals surface area contributed by atoms with Crippen LogP contribution in [0, 0.1) is 5.92 Å². The van der Waals surface area contributed by atoms with Gasteiger partial charge in [-0.25, -0.2) is 0 Å². The Bertz CT molecular complexity index is 344. The van der Waals surface area contributed by atoms with Gasteiger partial charge in [0.25, 0.3) is 0 Å². The Morgan fingerprint density at radius 1 is 1.28 bits per heavy atom. The van der Waals surface area contributed by atoms with E-state index < -0.39 is 0 Å². The maximum absolute atomic E-state index is 12.6. The standard InChI is InChI=1S/C14H24N2O2/c1-9(2)12-15-14(7-8-14)13(18)16(12)10-3-5-11(17)6-4-10/h9-12,15,17H,3-8H2,1-2H3. The predicted octanol–water partition coefficient (Wildman–Crippen LogP) is 1.24. The van der Waals surface area contributed by atoms with Crippen LogP contribution in [0.2, 0.25) is 0 Å². The molecular formula is C14H24N2O2. The van der Waals surface area contributed by atoms with E-state index >= 15 is 0 Å². The summed E-state index contributed by atoms with van der Waals surface area (Å²) in [5.41, 5.74) is -0.203. The van der Waals surface area contributed by atoms with Crippen LogP contribution in [0.3, 0.4) is 0 Å². The minimum atomic E-state index is -0.203. The third-order valence-corrected chi connectivity index (χ3v) is 4.81. The molecule has 0 radical (unpaired) electrons. The summed E-state index contributed by atoms with van der Waals surface area (Å²) < 4.78 is 0. The maximum atomic E-state index is 12.6. The second-order valence-corrected chi connectivity index (χ2v) is 6.59. The molecule has 2 saturated carbocycles. The predicted molar refractivity (Wildman–Crippen MR) is 68.8 cm³/mol. The van der Waals surface area contributed by atoms with Gasteiger partial charge in [0.1, 0.15) is 0 Å². The van der Waals surface area contributed by atoms with Crippen molar-refractivity contribution in [2.75, 3.05) is 0 Å². The number of nitrogens with zero attached hydrogens (tertiary/aromatic N) is 1. The molecule has 0 aromatic heterocycles. The third-order valence-electron chi connectivity index (χ3n) is 4.81. The Hall–Kier alpha value is -0.610. The van der Waals surface area contributed by atoms with E-state index in [2.05, 4.69) is 24.1 Å². The molecule has 4 heteroatoms. The summed E-state index contributed by atoms with van der Waals surface area (Å²) in [4.78, 5) is 14.7. The summed E-state index contributed by atoms with van der Waals surface area (Å²) in [5, 5.41) is 13.2. The molecule has 2 N–H and O–H groups in total. The Labute approximate surface area is 109 Å². The first kappa shape index (κ1) is 12.4. The number of carbonyl (C=O) groups is 1. The molecule has 4 nitrogen and oxygen atoms in total. The number of rotatable bonds is 2. The molecule has 3 rings (SSSR count). The number of hydrogen-bond donors (Lipinski definition) is 2. The van der Waals surface area contributed by atoms with Crippen molar-refractivity contribution < 1.29 is 9.90 Å². The van der Waals surface area contributed by atoms with Gasteiger partial charge in [-0.2, -0.15) is 0 Å². The summed E-state index contributed by atoms with van der Waals surface area (Å²) in [5.74, 6) is 0.767. The second-order valence-electron chi connectivity index (χ2n) is 6.59. The summed E-state index contributed by atoms with van der Waals surface area (Å²) in [6.45, 7) is 4.36. The van der Waals surface area contributed by atoms with Crippen molar-refractivity contribution in [1.82, 2.24) is 10.2 Å². The number of aliphatic hydroxyl groups is 1. The van der Waals surface area contributed by atoms with E-state index in [0.717, 1.165) is 38.5 Å². The van der Waals surface area contributed by atoms with Gasteiger partial charge in [-0.15, -0.1) is 0 Å². The second kappa shape index (κ2) is 4.20. The SMILES string of the molecule is CC(C)C1NC2(CC2)C(=O)N1C1CCC(O)CC1. The van der Waals surface area contributed by atoms with Gasteiger partial charge in [0.05, 0.1) is 17.8 Å². The fourth-order valence-corrected chi connectivity index (χ4v) is 3.49. The third kappa shape index (κ3) is 1.86. The molecule has 102 valence electrons. The summed E-state index contributed by atoms with van der Waals surface area (Å²) in [7, 11) is 0. The van der Waals surface area contributed by atoms with Crippen molar-refractivity contribution in [2.45, 2.75) is 76.2 Å². The molecule has 0 bridgehead atoms. The first-order valence-corrected chi connectivity index (χ1v) is 7.32. The molecule has 1 atom stereocenters. The topological polar surface area (TPSA) is 52.6 Å². The highest BCUT2D eigenvalue weighted by Crippen LogP contribution is 2.45. The monoisotopic (exact) mass is 252 g/mol. The normalized spacial score (nSPS) is 38.8. The summed E-state index contributed by atoms with van der Waals surface area (Å²) >= 11 is 0. The molecule has 1 heterocycles. The van der Waals surface area contributed by atoms with Crippen LogP contribution < -0.4 is 5.32 Å². The van der Waals surface area contributed by atoms with Crippen LogP contribution >= 0.6 is 0 Å². The summed E-state index contributed by atoms with van der Waals surface area (Å²) in [6, 6.07) is 0.334. The molecule has 0 aromatic rings. The average Bonchev–Trinajstić information content (AvgIpc) is 3.04. The molecule has 1 spiro atoms. The lowest BCUT2D eigenvalue weighted by atomic mass is 9.91. The average molecular weight is 252 g/mol. The van der Waals surface area contributed by atoms with E-state index in [1.807, 2.05) is 0 Å². The van der Waals surface area contributed by atoms with Crippen LogP contribution in [0.25, 0.3) is 0 Å². The molecule has 1 saturated heterocycles. The van der Waals surface area contributed by atoms with E-state index in [9.17, 15) is 9.90 Å². The van der Waals surface area contributed by atoms with Crippen LogP contribution in [-0.2, 0) is 4.79 Å². The maximum Gasteiger partial charge on any atom is 0.244 e. The van der Waals surface area contributed by atoms with Crippen molar-refractivity contribution in [3.05, 3.63) is 0 Å². The van der Waals surface area contributed by atoms with Crippen molar-refractivity contribution in [1.29, 1.82) is 0 Å². The van der Waals surface area contributed by atoms with Crippen LogP contribution in [0.15, 0.2) is 0 Å². The molecule has 1 aliphatic heterocycles. The molecule has 1 unspecified atom stereocenters. The number of nitrogens with one attached hydrogen (secondary N) is 1.